The summed E-state index contributed by atoms with van der Waals surface area (Å²) < 4.78 is 0. The molecule has 1 N–H and O–H groups in total. The van der Waals surface area contributed by atoms with Crippen molar-refractivity contribution in [3.63, 3.8) is 0 Å². The highest BCUT2D eigenvalue weighted by Crippen LogP contribution is 2.30. The van der Waals surface area contributed by atoms with E-state index in [4.69, 9.17) is 0 Å². The Morgan fingerprint density at radius 1 is 0.833 bits per heavy atom. The lowest BCUT2D eigenvalue weighted by atomic mass is 9.90. The predicted molar refractivity (Wildman–Crippen MR) is 75.9 cm³/mol. The first-order valence-electron chi connectivity index (χ1n) is 6.32. The summed E-state index contributed by atoms with van der Waals surface area (Å²) in [5, 5.41) is 10.6. The lowest BCUT2D eigenvalue weighted by Gasteiger charge is -2.19. The van der Waals surface area contributed by atoms with Gasteiger partial charge in [0.15, 0.2) is 0 Å². The Bertz CT molecular complexity index is 547. The van der Waals surface area contributed by atoms with E-state index >= 15 is 0 Å². The average molecular weight is 240 g/mol. The summed E-state index contributed by atoms with van der Waals surface area (Å²) in [5.74, 6) is 0. The van der Waals surface area contributed by atoms with Gasteiger partial charge in [0.1, 0.15) is 6.10 Å². The highest BCUT2D eigenvalue weighted by Gasteiger charge is 2.17. The molecule has 2 rings (SSSR count). The Labute approximate surface area is 109 Å². The Morgan fingerprint density at radius 2 is 1.39 bits per heavy atom. The van der Waals surface area contributed by atoms with Crippen molar-refractivity contribution in [1.29, 1.82) is 0 Å². The summed E-state index contributed by atoms with van der Waals surface area (Å²) in [6.07, 6.45) is -0.535. The number of rotatable bonds is 2. The van der Waals surface area contributed by atoms with E-state index in [1.807, 2.05) is 31.2 Å². The van der Waals surface area contributed by atoms with Gasteiger partial charge in [-0.15, -0.1) is 0 Å². The molecule has 0 unspecified atom stereocenters. The minimum absolute atomic E-state index is 0.535. The molecule has 0 saturated heterocycles. The van der Waals surface area contributed by atoms with Crippen LogP contribution in [0.3, 0.4) is 0 Å². The van der Waals surface area contributed by atoms with Crippen molar-refractivity contribution in [1.82, 2.24) is 0 Å². The molecule has 1 atom stereocenters. The number of benzene rings is 2. The third-order valence-electron chi connectivity index (χ3n) is 3.49. The van der Waals surface area contributed by atoms with Crippen molar-refractivity contribution in [2.75, 3.05) is 0 Å². The van der Waals surface area contributed by atoms with Crippen LogP contribution in [0.5, 0.6) is 0 Å². The molecule has 0 bridgehead atoms. The van der Waals surface area contributed by atoms with Crippen LogP contribution in [0.1, 0.15) is 39.5 Å². The normalized spacial score (nSPS) is 12.5. The van der Waals surface area contributed by atoms with Crippen LogP contribution in [0.25, 0.3) is 0 Å². The fourth-order valence-electron chi connectivity index (χ4n) is 2.67. The fourth-order valence-corrected chi connectivity index (χ4v) is 2.67. The van der Waals surface area contributed by atoms with Crippen molar-refractivity contribution in [3.05, 3.63) is 69.8 Å². The molecule has 0 aliphatic rings. The summed E-state index contributed by atoms with van der Waals surface area (Å²) in [6, 6.07) is 12.3. The summed E-state index contributed by atoms with van der Waals surface area (Å²) in [7, 11) is 0. The molecule has 18 heavy (non-hydrogen) atoms. The number of hydrogen-bond acceptors (Lipinski definition) is 1. The molecule has 0 spiro atoms. The van der Waals surface area contributed by atoms with Crippen LogP contribution in [0, 0.1) is 27.7 Å². The standard InChI is InChI=1S/C17H20O/c1-11-9-13(3)16(14(4)10-11)17(18)15-8-6-5-7-12(15)2/h5-10,17-18H,1-4H3/t17-/m1/s1. The predicted octanol–water partition coefficient (Wildman–Crippen LogP) is 4.00. The van der Waals surface area contributed by atoms with E-state index in [-0.39, 0.29) is 0 Å². The molecular weight excluding hydrogens is 220 g/mol. The minimum atomic E-state index is -0.535. The van der Waals surface area contributed by atoms with Crippen molar-refractivity contribution in [2.45, 2.75) is 33.8 Å². The summed E-state index contributed by atoms with van der Waals surface area (Å²) in [6.45, 7) is 8.26. The van der Waals surface area contributed by atoms with Gasteiger partial charge in [-0.2, -0.15) is 0 Å². The second-order valence-corrected chi connectivity index (χ2v) is 5.07. The third-order valence-corrected chi connectivity index (χ3v) is 3.49. The molecular formula is C17H20O. The van der Waals surface area contributed by atoms with Crippen LogP contribution in [-0.4, -0.2) is 5.11 Å². The molecule has 0 heterocycles. The summed E-state index contributed by atoms with van der Waals surface area (Å²) in [5.41, 5.74) is 6.71. The van der Waals surface area contributed by atoms with Crippen LogP contribution in [0.4, 0.5) is 0 Å². The van der Waals surface area contributed by atoms with E-state index in [1.54, 1.807) is 0 Å². The van der Waals surface area contributed by atoms with Gasteiger partial charge in [-0.05, 0) is 55.5 Å². The largest absolute Gasteiger partial charge is 0.384 e. The quantitative estimate of drug-likeness (QED) is 0.841. The Balaban J connectivity index is 2.53. The van der Waals surface area contributed by atoms with Gasteiger partial charge >= 0.3 is 0 Å². The third kappa shape index (κ3) is 2.32. The molecule has 2 aromatic rings. The van der Waals surface area contributed by atoms with E-state index in [0.29, 0.717) is 0 Å². The number of aliphatic hydroxyl groups is 1. The van der Waals surface area contributed by atoms with Gasteiger partial charge in [0.05, 0.1) is 0 Å². The average Bonchev–Trinajstić information content (AvgIpc) is 2.27. The molecule has 2 aromatic carbocycles. The van der Waals surface area contributed by atoms with Crippen LogP contribution >= 0.6 is 0 Å². The number of hydrogen-bond donors (Lipinski definition) is 1. The van der Waals surface area contributed by atoms with Gasteiger partial charge < -0.3 is 5.11 Å². The second-order valence-electron chi connectivity index (χ2n) is 5.07. The number of aryl methyl sites for hydroxylation is 4. The SMILES string of the molecule is Cc1cc(C)c([C@H](O)c2ccccc2C)c(C)c1. The van der Waals surface area contributed by atoms with Gasteiger partial charge in [-0.1, -0.05) is 42.0 Å². The van der Waals surface area contributed by atoms with E-state index in [2.05, 4.69) is 32.9 Å². The maximum absolute atomic E-state index is 10.6. The zero-order valence-corrected chi connectivity index (χ0v) is 11.5. The monoisotopic (exact) mass is 240 g/mol. The van der Waals surface area contributed by atoms with E-state index in [9.17, 15) is 5.11 Å². The van der Waals surface area contributed by atoms with Crippen LogP contribution in [-0.2, 0) is 0 Å². The Morgan fingerprint density at radius 3 is 1.94 bits per heavy atom. The van der Waals surface area contributed by atoms with E-state index < -0.39 is 6.10 Å². The first-order chi connectivity index (χ1) is 8.50. The Hall–Kier alpha value is -1.60. The molecule has 1 heteroatoms. The maximum atomic E-state index is 10.6. The first-order valence-corrected chi connectivity index (χ1v) is 6.32. The molecule has 1 nitrogen and oxygen atoms in total. The van der Waals surface area contributed by atoms with E-state index in [1.165, 1.54) is 5.56 Å². The van der Waals surface area contributed by atoms with Crippen molar-refractivity contribution in [3.8, 4) is 0 Å². The zero-order valence-electron chi connectivity index (χ0n) is 11.5. The van der Waals surface area contributed by atoms with Crippen molar-refractivity contribution < 1.29 is 5.11 Å². The smallest absolute Gasteiger partial charge is 0.105 e. The van der Waals surface area contributed by atoms with Crippen molar-refractivity contribution in [2.24, 2.45) is 0 Å². The molecule has 0 radical (unpaired) electrons. The molecule has 0 aromatic heterocycles. The van der Waals surface area contributed by atoms with Gasteiger partial charge in [-0.25, -0.2) is 0 Å². The lowest BCUT2D eigenvalue weighted by Crippen LogP contribution is -2.06. The maximum Gasteiger partial charge on any atom is 0.105 e. The number of aliphatic hydroxyl groups excluding tert-OH is 1. The van der Waals surface area contributed by atoms with E-state index in [0.717, 1.165) is 27.8 Å². The topological polar surface area (TPSA) is 20.2 Å². The Kier molecular flexibility index (Phi) is 3.53. The summed E-state index contributed by atoms with van der Waals surface area (Å²) in [4.78, 5) is 0. The van der Waals surface area contributed by atoms with Crippen LogP contribution in [0.15, 0.2) is 36.4 Å². The highest BCUT2D eigenvalue weighted by molar-refractivity contribution is 5.44. The summed E-state index contributed by atoms with van der Waals surface area (Å²) >= 11 is 0. The first kappa shape index (κ1) is 12.8. The fraction of sp³-hybridized carbons (Fsp3) is 0.294. The van der Waals surface area contributed by atoms with Crippen LogP contribution in [0.2, 0.25) is 0 Å². The van der Waals surface area contributed by atoms with Crippen LogP contribution < -0.4 is 0 Å². The second kappa shape index (κ2) is 4.95. The molecule has 94 valence electrons. The molecule has 0 amide bonds. The van der Waals surface area contributed by atoms with Gasteiger partial charge in [0.2, 0.25) is 0 Å². The zero-order chi connectivity index (χ0) is 13.3. The minimum Gasteiger partial charge on any atom is -0.384 e. The van der Waals surface area contributed by atoms with Crippen molar-refractivity contribution >= 4 is 0 Å². The van der Waals surface area contributed by atoms with Gasteiger partial charge in [0.25, 0.3) is 0 Å². The molecule has 0 saturated carbocycles. The molecule has 0 aliphatic carbocycles. The molecule has 0 fully saturated rings. The van der Waals surface area contributed by atoms with Gasteiger partial charge in [-0.3, -0.25) is 0 Å². The highest BCUT2D eigenvalue weighted by atomic mass is 16.3. The van der Waals surface area contributed by atoms with Gasteiger partial charge in [0, 0.05) is 0 Å². The molecule has 0 aliphatic heterocycles. The lowest BCUT2D eigenvalue weighted by molar-refractivity contribution is 0.218.